The van der Waals surface area contributed by atoms with Crippen LogP contribution in [-0.2, 0) is 11.2 Å². The van der Waals surface area contributed by atoms with E-state index in [1.165, 1.54) is 17.6 Å². The normalized spacial score (nSPS) is 40.4. The minimum Gasteiger partial charge on any atom is -0.492 e. The summed E-state index contributed by atoms with van der Waals surface area (Å²) in [5.41, 5.74) is 2.87. The maximum atomic E-state index is 12.2. The molecule has 0 amide bonds. The quantitative estimate of drug-likeness (QED) is 0.502. The number of hydrogen-bond acceptors (Lipinski definition) is 6. The molecule has 0 radical (unpaired) electrons. The van der Waals surface area contributed by atoms with E-state index < -0.39 is 5.60 Å². The number of benzene rings is 1. The molecule has 0 aromatic heterocycles. The molecule has 0 saturated heterocycles. The number of nitrogens with zero attached hydrogens (tertiary/aromatic N) is 1. The van der Waals surface area contributed by atoms with Gasteiger partial charge in [0.25, 0.3) is 0 Å². The summed E-state index contributed by atoms with van der Waals surface area (Å²) in [5.74, 6) is 11.1. The zero-order valence-electron chi connectivity index (χ0n) is 23.8. The summed E-state index contributed by atoms with van der Waals surface area (Å²) in [4.78, 5) is 14.4. The number of fused-ring (bicyclic) bond motifs is 7. The topological polar surface area (TPSA) is 68.2 Å². The highest BCUT2D eigenvalue weighted by molar-refractivity contribution is 5.91. The van der Waals surface area contributed by atoms with Gasteiger partial charge in [-0.05, 0) is 105 Å². The van der Waals surface area contributed by atoms with Crippen molar-refractivity contribution < 1.29 is 24.1 Å². The van der Waals surface area contributed by atoms with Crippen LogP contribution in [0.1, 0.15) is 82.4 Å². The van der Waals surface area contributed by atoms with Crippen LogP contribution < -0.4 is 14.2 Å². The van der Waals surface area contributed by atoms with Crippen molar-refractivity contribution in [2.45, 2.75) is 83.3 Å². The fourth-order valence-corrected chi connectivity index (χ4v) is 9.59. The van der Waals surface area contributed by atoms with Crippen LogP contribution in [0.4, 0.5) is 0 Å². The lowest BCUT2D eigenvalue weighted by molar-refractivity contribution is -0.117. The molecule has 0 unspecified atom stereocenters. The molecular formula is C33H41NO5. The second-order valence-corrected chi connectivity index (χ2v) is 13.7. The molecular weight excluding hydrogens is 490 g/mol. The Bertz CT molecular complexity index is 1320. The fourth-order valence-electron chi connectivity index (χ4n) is 9.59. The van der Waals surface area contributed by atoms with Crippen molar-refractivity contribution in [1.29, 1.82) is 0 Å². The smallest absolute Gasteiger partial charge is 0.231 e. The number of allylic oxidation sites excluding steroid dienone is 1. The number of aliphatic hydroxyl groups is 1. The second-order valence-electron chi connectivity index (χ2n) is 13.7. The van der Waals surface area contributed by atoms with Gasteiger partial charge in [-0.3, -0.25) is 9.69 Å². The maximum Gasteiger partial charge on any atom is 0.231 e. The molecule has 1 aromatic carbocycles. The van der Waals surface area contributed by atoms with Crippen molar-refractivity contribution in [3.8, 4) is 29.1 Å². The number of carbonyl (C=O) groups excluding carboxylic acids is 1. The summed E-state index contributed by atoms with van der Waals surface area (Å²) < 4.78 is 17.3. The first-order valence-corrected chi connectivity index (χ1v) is 14.8. The lowest BCUT2D eigenvalue weighted by atomic mass is 9.47. The third-order valence-electron chi connectivity index (χ3n) is 11.6. The molecule has 0 spiro atoms. The van der Waals surface area contributed by atoms with Gasteiger partial charge in [0.05, 0.1) is 7.11 Å². The number of likely N-dealkylation sites (N-methyl/N-ethyl adjacent to an activating group) is 1. The second kappa shape index (κ2) is 8.75. The monoisotopic (exact) mass is 531 g/mol. The van der Waals surface area contributed by atoms with Gasteiger partial charge >= 0.3 is 0 Å². The first kappa shape index (κ1) is 25.5. The maximum absolute atomic E-state index is 12.2. The van der Waals surface area contributed by atoms with Crippen LogP contribution in [0.5, 0.6) is 17.2 Å². The van der Waals surface area contributed by atoms with Gasteiger partial charge in [-0.1, -0.05) is 31.3 Å². The molecule has 6 heteroatoms. The Morgan fingerprint density at radius 3 is 2.79 bits per heavy atom. The number of hydrogen-bond donors (Lipinski definition) is 1. The van der Waals surface area contributed by atoms with Crippen LogP contribution in [-0.4, -0.2) is 48.9 Å². The highest BCUT2D eigenvalue weighted by Gasteiger charge is 2.60. The average molecular weight is 532 g/mol. The molecule has 6 aliphatic rings. The molecule has 208 valence electrons. The van der Waals surface area contributed by atoms with Crippen LogP contribution >= 0.6 is 0 Å². The summed E-state index contributed by atoms with van der Waals surface area (Å²) in [6.45, 7) is 5.90. The predicted octanol–water partition coefficient (Wildman–Crippen LogP) is 5.22. The van der Waals surface area contributed by atoms with Crippen molar-refractivity contribution in [3.05, 3.63) is 28.8 Å². The molecule has 2 aliphatic heterocycles. The Labute approximate surface area is 232 Å². The van der Waals surface area contributed by atoms with Crippen LogP contribution in [0.15, 0.2) is 17.7 Å². The summed E-state index contributed by atoms with van der Waals surface area (Å²) in [7, 11) is 3.77. The standard InChI is InChI=1S/C33H41NO5/c1-31-11-8-24-23(6-5-21-16-22(35)7-12-32(21,24)2)25(31)17-33(36,18-31)13-9-26-28-20(10-14-34(26)3)15-27-29(30(28)37-4)39-19-38-27/h15-16,23-26,36H,5-8,10-12,14,17-19H2,1-4H3/t23-,24+,25+,26-,31+,32-,33+/m0/s1. The lowest BCUT2D eigenvalue weighted by Crippen LogP contribution is -2.49. The Morgan fingerprint density at radius 1 is 1.13 bits per heavy atom. The van der Waals surface area contributed by atoms with E-state index in [1.54, 1.807) is 7.11 Å². The summed E-state index contributed by atoms with van der Waals surface area (Å²) in [6, 6.07) is 1.90. The number of rotatable bonds is 1. The van der Waals surface area contributed by atoms with Gasteiger partial charge in [-0.2, -0.15) is 0 Å². The lowest BCUT2D eigenvalue weighted by Gasteiger charge is -2.57. The van der Waals surface area contributed by atoms with E-state index >= 15 is 0 Å². The third-order valence-corrected chi connectivity index (χ3v) is 11.6. The van der Waals surface area contributed by atoms with E-state index in [4.69, 9.17) is 14.2 Å². The molecule has 3 saturated carbocycles. The zero-order chi connectivity index (χ0) is 27.2. The van der Waals surface area contributed by atoms with Crippen molar-refractivity contribution >= 4 is 5.78 Å². The molecule has 0 bridgehead atoms. The molecule has 1 N–H and O–H groups in total. The summed E-state index contributed by atoms with van der Waals surface area (Å²) in [5, 5.41) is 12.0. The van der Waals surface area contributed by atoms with Crippen LogP contribution in [0, 0.1) is 40.4 Å². The number of carbonyl (C=O) groups is 1. The fraction of sp³-hybridized carbons (Fsp3) is 0.667. The number of methoxy groups -OCH3 is 1. The van der Waals surface area contributed by atoms with Crippen molar-refractivity contribution in [3.63, 3.8) is 0 Å². The Morgan fingerprint density at radius 2 is 1.97 bits per heavy atom. The van der Waals surface area contributed by atoms with Gasteiger partial charge in [0, 0.05) is 18.5 Å². The minimum absolute atomic E-state index is 0.104. The molecule has 39 heavy (non-hydrogen) atoms. The average Bonchev–Trinajstić information content (AvgIpc) is 3.48. The van der Waals surface area contributed by atoms with E-state index in [0.29, 0.717) is 41.5 Å². The largest absolute Gasteiger partial charge is 0.492 e. The van der Waals surface area contributed by atoms with E-state index in [9.17, 15) is 9.90 Å². The summed E-state index contributed by atoms with van der Waals surface area (Å²) in [6.07, 6.45) is 10.5. The Kier molecular flexibility index (Phi) is 5.72. The molecule has 7 atom stereocenters. The van der Waals surface area contributed by atoms with Gasteiger partial charge in [0.1, 0.15) is 11.6 Å². The predicted molar refractivity (Wildman–Crippen MR) is 148 cm³/mol. The van der Waals surface area contributed by atoms with E-state index in [1.807, 2.05) is 6.08 Å². The van der Waals surface area contributed by atoms with E-state index in [2.05, 4.69) is 43.7 Å². The first-order valence-electron chi connectivity index (χ1n) is 14.8. The van der Waals surface area contributed by atoms with Crippen molar-refractivity contribution in [2.24, 2.45) is 28.6 Å². The van der Waals surface area contributed by atoms with E-state index in [-0.39, 0.29) is 23.7 Å². The van der Waals surface area contributed by atoms with Crippen molar-refractivity contribution in [1.82, 2.24) is 4.90 Å². The van der Waals surface area contributed by atoms with Crippen LogP contribution in [0.2, 0.25) is 0 Å². The molecule has 6 nitrogen and oxygen atoms in total. The zero-order valence-corrected chi connectivity index (χ0v) is 23.8. The van der Waals surface area contributed by atoms with Gasteiger partial charge in [-0.25, -0.2) is 0 Å². The molecule has 1 aromatic rings. The molecule has 4 aliphatic carbocycles. The Hall–Kier alpha value is -2.49. The van der Waals surface area contributed by atoms with E-state index in [0.717, 1.165) is 62.8 Å². The molecule has 3 fully saturated rings. The van der Waals surface area contributed by atoms with Gasteiger partial charge in [-0.15, -0.1) is 0 Å². The molecule has 2 heterocycles. The summed E-state index contributed by atoms with van der Waals surface area (Å²) >= 11 is 0. The highest BCUT2D eigenvalue weighted by Crippen LogP contribution is 2.66. The Balaban J connectivity index is 1.19. The van der Waals surface area contributed by atoms with Gasteiger partial charge in [0.2, 0.25) is 12.5 Å². The first-order chi connectivity index (χ1) is 18.6. The van der Waals surface area contributed by atoms with Gasteiger partial charge in [0.15, 0.2) is 17.3 Å². The van der Waals surface area contributed by atoms with Crippen molar-refractivity contribution in [2.75, 3.05) is 27.5 Å². The van der Waals surface area contributed by atoms with Crippen LogP contribution in [0.3, 0.4) is 0 Å². The van der Waals surface area contributed by atoms with Gasteiger partial charge < -0.3 is 19.3 Å². The third kappa shape index (κ3) is 3.79. The molecule has 7 rings (SSSR count). The van der Waals surface area contributed by atoms with Crippen LogP contribution in [0.25, 0.3) is 0 Å². The minimum atomic E-state index is -0.990. The number of ether oxygens (including phenoxy) is 3. The SMILES string of the molecule is COc1c2c(cc3c1[C@H](C#C[C@@]1(O)C[C@@H]4[C@H]5CCC6=CC(=O)CC[C@]6(C)[C@@H]5CC[C@]4(C)C1)N(C)CC3)OCO2. The number of ketones is 1. The highest BCUT2D eigenvalue weighted by atomic mass is 16.7.